The maximum atomic E-state index is 11.9. The Bertz CT molecular complexity index is 749. The van der Waals surface area contributed by atoms with Gasteiger partial charge in [0, 0.05) is 38.7 Å². The Balaban J connectivity index is 1.37. The normalized spacial score (nSPS) is 13.0. The number of carbonyl (C=O) groups is 1. The second-order valence-corrected chi connectivity index (χ2v) is 6.67. The smallest absolute Gasteiger partial charge is 0.314 e. The number of benzene rings is 1. The Hall–Kier alpha value is -2.70. The Labute approximate surface area is 160 Å². The number of nitrogens with one attached hydrogen (secondary N) is 2. The second-order valence-electron chi connectivity index (χ2n) is 6.67. The lowest BCUT2D eigenvalue weighted by molar-refractivity contribution is 0.241. The van der Waals surface area contributed by atoms with Crippen LogP contribution in [-0.4, -0.2) is 42.9 Å². The summed E-state index contributed by atoms with van der Waals surface area (Å²) < 4.78 is 12.8. The number of nitrogens with zero attached hydrogens (tertiary/aromatic N) is 2. The summed E-state index contributed by atoms with van der Waals surface area (Å²) in [4.78, 5) is 16.6. The Kier molecular flexibility index (Phi) is 6.57. The topological polar surface area (TPSA) is 77.4 Å². The molecule has 3 rings (SSSR count). The van der Waals surface area contributed by atoms with Gasteiger partial charge in [-0.3, -0.25) is 0 Å². The molecule has 0 unspecified atom stereocenters. The van der Waals surface area contributed by atoms with Crippen LogP contribution in [0.1, 0.15) is 29.9 Å². The van der Waals surface area contributed by atoms with Crippen molar-refractivity contribution in [2.24, 2.45) is 0 Å². The third kappa shape index (κ3) is 5.15. The van der Waals surface area contributed by atoms with Crippen molar-refractivity contribution < 1.29 is 14.3 Å². The third-order valence-electron chi connectivity index (χ3n) is 4.77. The molecular formula is C20H28N4O3. The predicted molar refractivity (Wildman–Crippen MR) is 104 cm³/mol. The van der Waals surface area contributed by atoms with Crippen LogP contribution in [0.25, 0.3) is 0 Å². The minimum absolute atomic E-state index is 0.153. The standard InChI is InChI=1S/C20H28N4O3/c1-26-17-7-6-15(13-18(17)27-2)8-10-21-20(25)22-11-9-16-14-24-12-4-3-5-19(24)23-16/h6-7,13-14H,3-5,8-12H2,1-2H3,(H2,21,22,25). The highest BCUT2D eigenvalue weighted by atomic mass is 16.5. The van der Waals surface area contributed by atoms with E-state index in [9.17, 15) is 4.79 Å². The summed E-state index contributed by atoms with van der Waals surface area (Å²) in [5.74, 6) is 2.57. The fraction of sp³-hybridized carbons (Fsp3) is 0.500. The van der Waals surface area contributed by atoms with Crippen LogP contribution < -0.4 is 20.1 Å². The average molecular weight is 372 g/mol. The minimum Gasteiger partial charge on any atom is -0.493 e. The zero-order valence-electron chi connectivity index (χ0n) is 16.1. The van der Waals surface area contributed by atoms with Gasteiger partial charge in [-0.15, -0.1) is 0 Å². The van der Waals surface area contributed by atoms with Crippen molar-refractivity contribution in [3.05, 3.63) is 41.5 Å². The van der Waals surface area contributed by atoms with Crippen LogP contribution in [0.15, 0.2) is 24.4 Å². The number of hydrogen-bond acceptors (Lipinski definition) is 4. The predicted octanol–water partition coefficient (Wildman–Crippen LogP) is 2.32. The van der Waals surface area contributed by atoms with Gasteiger partial charge in [-0.2, -0.15) is 0 Å². The number of aromatic nitrogens is 2. The lowest BCUT2D eigenvalue weighted by atomic mass is 10.1. The Morgan fingerprint density at radius 2 is 1.89 bits per heavy atom. The second kappa shape index (κ2) is 9.30. The summed E-state index contributed by atoms with van der Waals surface area (Å²) in [6.45, 7) is 2.20. The number of methoxy groups -OCH3 is 2. The van der Waals surface area contributed by atoms with E-state index in [1.165, 1.54) is 18.7 Å². The van der Waals surface area contributed by atoms with Gasteiger partial charge in [-0.1, -0.05) is 6.07 Å². The van der Waals surface area contributed by atoms with Crippen LogP contribution in [0.5, 0.6) is 11.5 Å². The Morgan fingerprint density at radius 1 is 1.11 bits per heavy atom. The van der Waals surface area contributed by atoms with E-state index >= 15 is 0 Å². The fourth-order valence-electron chi connectivity index (χ4n) is 3.32. The van der Waals surface area contributed by atoms with E-state index in [-0.39, 0.29) is 6.03 Å². The number of imidazole rings is 1. The molecule has 27 heavy (non-hydrogen) atoms. The van der Waals surface area contributed by atoms with Gasteiger partial charge < -0.3 is 24.7 Å². The van der Waals surface area contributed by atoms with Gasteiger partial charge in [-0.05, 0) is 37.0 Å². The Morgan fingerprint density at radius 3 is 2.63 bits per heavy atom. The molecule has 7 nitrogen and oxygen atoms in total. The highest BCUT2D eigenvalue weighted by Gasteiger charge is 2.12. The molecule has 0 saturated heterocycles. The fourth-order valence-corrected chi connectivity index (χ4v) is 3.32. The van der Waals surface area contributed by atoms with E-state index in [0.717, 1.165) is 37.1 Å². The van der Waals surface area contributed by atoms with Crippen LogP contribution in [0.2, 0.25) is 0 Å². The zero-order chi connectivity index (χ0) is 19.1. The van der Waals surface area contributed by atoms with E-state index in [1.54, 1.807) is 14.2 Å². The number of fused-ring (bicyclic) bond motifs is 1. The van der Waals surface area contributed by atoms with Crippen molar-refractivity contribution in [1.29, 1.82) is 0 Å². The monoisotopic (exact) mass is 372 g/mol. The number of urea groups is 1. The van der Waals surface area contributed by atoms with Crippen molar-refractivity contribution in [1.82, 2.24) is 20.2 Å². The van der Waals surface area contributed by atoms with Gasteiger partial charge in [0.05, 0.1) is 19.9 Å². The van der Waals surface area contributed by atoms with E-state index < -0.39 is 0 Å². The van der Waals surface area contributed by atoms with Gasteiger partial charge in [0.25, 0.3) is 0 Å². The molecule has 0 bridgehead atoms. The summed E-state index contributed by atoms with van der Waals surface area (Å²) in [6, 6.07) is 5.62. The minimum atomic E-state index is -0.153. The molecule has 2 N–H and O–H groups in total. The first kappa shape index (κ1) is 19.1. The largest absolute Gasteiger partial charge is 0.493 e. The van der Waals surface area contributed by atoms with E-state index in [2.05, 4.69) is 26.4 Å². The molecule has 7 heteroatoms. The summed E-state index contributed by atoms with van der Waals surface area (Å²) in [7, 11) is 3.23. The molecular weight excluding hydrogens is 344 g/mol. The molecule has 2 heterocycles. The molecule has 2 aromatic rings. The SMILES string of the molecule is COc1ccc(CCNC(=O)NCCc2cn3c(n2)CCCC3)cc1OC. The molecule has 0 saturated carbocycles. The lowest BCUT2D eigenvalue weighted by Crippen LogP contribution is -2.37. The van der Waals surface area contributed by atoms with Crippen molar-refractivity contribution in [2.75, 3.05) is 27.3 Å². The molecule has 1 aliphatic rings. The van der Waals surface area contributed by atoms with Gasteiger partial charge in [0.2, 0.25) is 0 Å². The quantitative estimate of drug-likeness (QED) is 0.746. The van der Waals surface area contributed by atoms with Gasteiger partial charge in [0.15, 0.2) is 11.5 Å². The van der Waals surface area contributed by atoms with Crippen LogP contribution >= 0.6 is 0 Å². The summed E-state index contributed by atoms with van der Waals surface area (Å²) in [5, 5.41) is 5.78. The zero-order valence-corrected chi connectivity index (χ0v) is 16.1. The molecule has 146 valence electrons. The lowest BCUT2D eigenvalue weighted by Gasteiger charge is -2.11. The first-order valence-corrected chi connectivity index (χ1v) is 9.47. The first-order valence-electron chi connectivity index (χ1n) is 9.47. The molecule has 0 aliphatic carbocycles. The van der Waals surface area contributed by atoms with E-state index in [4.69, 9.17) is 9.47 Å². The molecule has 0 atom stereocenters. The van der Waals surface area contributed by atoms with Crippen LogP contribution in [0.4, 0.5) is 4.79 Å². The highest BCUT2D eigenvalue weighted by molar-refractivity contribution is 5.73. The van der Waals surface area contributed by atoms with Gasteiger partial charge >= 0.3 is 6.03 Å². The van der Waals surface area contributed by atoms with Crippen LogP contribution in [-0.2, 0) is 25.8 Å². The molecule has 1 aromatic heterocycles. The van der Waals surface area contributed by atoms with Crippen molar-refractivity contribution >= 4 is 6.03 Å². The number of ether oxygens (including phenoxy) is 2. The summed E-state index contributed by atoms with van der Waals surface area (Å²) in [6.07, 6.45) is 7.10. The van der Waals surface area contributed by atoms with E-state index in [1.807, 2.05) is 18.2 Å². The number of aryl methyl sites for hydroxylation is 2. The van der Waals surface area contributed by atoms with Crippen LogP contribution in [0, 0.1) is 0 Å². The van der Waals surface area contributed by atoms with Crippen LogP contribution in [0.3, 0.4) is 0 Å². The van der Waals surface area contributed by atoms with Gasteiger partial charge in [0.1, 0.15) is 5.82 Å². The van der Waals surface area contributed by atoms with Crippen molar-refractivity contribution in [3.63, 3.8) is 0 Å². The number of rotatable bonds is 8. The molecule has 0 fully saturated rings. The maximum absolute atomic E-state index is 11.9. The number of hydrogen-bond donors (Lipinski definition) is 2. The molecule has 0 spiro atoms. The first-order chi connectivity index (χ1) is 13.2. The third-order valence-corrected chi connectivity index (χ3v) is 4.77. The summed E-state index contributed by atoms with van der Waals surface area (Å²) >= 11 is 0. The molecule has 0 radical (unpaired) electrons. The molecule has 1 aliphatic heterocycles. The average Bonchev–Trinajstić information content (AvgIpc) is 3.10. The number of carbonyl (C=O) groups excluding carboxylic acids is 1. The van der Waals surface area contributed by atoms with E-state index in [0.29, 0.717) is 24.6 Å². The number of amides is 2. The van der Waals surface area contributed by atoms with Gasteiger partial charge in [-0.25, -0.2) is 9.78 Å². The van der Waals surface area contributed by atoms with Crippen molar-refractivity contribution in [2.45, 2.75) is 38.6 Å². The molecule has 1 aromatic carbocycles. The maximum Gasteiger partial charge on any atom is 0.314 e. The summed E-state index contributed by atoms with van der Waals surface area (Å²) in [5.41, 5.74) is 2.13. The highest BCUT2D eigenvalue weighted by Crippen LogP contribution is 2.27. The van der Waals surface area contributed by atoms with Crippen molar-refractivity contribution in [3.8, 4) is 11.5 Å². The molecule has 2 amide bonds.